The van der Waals surface area contributed by atoms with Crippen LogP contribution in [0.2, 0.25) is 0 Å². The van der Waals surface area contributed by atoms with Crippen molar-refractivity contribution in [2.45, 2.75) is 71.3 Å². The van der Waals surface area contributed by atoms with Crippen LogP contribution in [0.4, 0.5) is 5.69 Å². The van der Waals surface area contributed by atoms with Gasteiger partial charge in [-0.1, -0.05) is 26.7 Å². The highest BCUT2D eigenvalue weighted by molar-refractivity contribution is 5.97. The number of piperidine rings is 1. The van der Waals surface area contributed by atoms with Crippen molar-refractivity contribution in [2.24, 2.45) is 0 Å². The Morgan fingerprint density at radius 3 is 2.43 bits per heavy atom. The standard InChI is InChI=1S/C23H38N2O3/c1-4-14-23(3,28-18-5-2)22(26)24-20-10-12-21(13-11-20)27-19-9-17-25-15-7-6-8-16-25/h10-13H,4-9,14-19H2,1-3H3,(H,24,26)/t23-/m1/s1. The second-order valence-electron chi connectivity index (χ2n) is 7.91. The molecule has 0 unspecified atom stereocenters. The zero-order valence-corrected chi connectivity index (χ0v) is 18.0. The summed E-state index contributed by atoms with van der Waals surface area (Å²) in [5.74, 6) is 0.758. The second-order valence-corrected chi connectivity index (χ2v) is 7.91. The van der Waals surface area contributed by atoms with Crippen molar-refractivity contribution in [3.05, 3.63) is 24.3 Å². The monoisotopic (exact) mass is 390 g/mol. The third kappa shape index (κ3) is 7.44. The normalized spacial score (nSPS) is 17.1. The van der Waals surface area contributed by atoms with E-state index in [0.29, 0.717) is 13.0 Å². The molecular weight excluding hydrogens is 352 g/mol. The summed E-state index contributed by atoms with van der Waals surface area (Å²) in [5, 5.41) is 2.99. The molecule has 0 radical (unpaired) electrons. The van der Waals surface area contributed by atoms with Crippen LogP contribution in [-0.4, -0.2) is 49.3 Å². The van der Waals surface area contributed by atoms with Gasteiger partial charge in [-0.15, -0.1) is 0 Å². The molecule has 1 heterocycles. The maximum absolute atomic E-state index is 12.7. The Bertz CT molecular complexity index is 570. The van der Waals surface area contributed by atoms with Gasteiger partial charge >= 0.3 is 0 Å². The predicted octanol–water partition coefficient (Wildman–Crippen LogP) is 4.87. The highest BCUT2D eigenvalue weighted by atomic mass is 16.5. The number of benzene rings is 1. The van der Waals surface area contributed by atoms with Crippen molar-refractivity contribution in [1.82, 2.24) is 4.90 Å². The average Bonchev–Trinajstić information content (AvgIpc) is 2.72. The number of rotatable bonds is 12. The number of ether oxygens (including phenoxy) is 2. The first-order chi connectivity index (χ1) is 13.6. The molecule has 5 heteroatoms. The van der Waals surface area contributed by atoms with E-state index in [4.69, 9.17) is 9.47 Å². The zero-order valence-electron chi connectivity index (χ0n) is 18.0. The van der Waals surface area contributed by atoms with E-state index >= 15 is 0 Å². The molecular formula is C23H38N2O3. The largest absolute Gasteiger partial charge is 0.494 e. The Labute approximate surface area is 170 Å². The van der Waals surface area contributed by atoms with Crippen LogP contribution in [0.3, 0.4) is 0 Å². The van der Waals surface area contributed by atoms with Crippen LogP contribution < -0.4 is 10.1 Å². The highest BCUT2D eigenvalue weighted by Crippen LogP contribution is 2.22. The van der Waals surface area contributed by atoms with Crippen molar-refractivity contribution in [3.63, 3.8) is 0 Å². The lowest BCUT2D eigenvalue weighted by Crippen LogP contribution is -2.43. The minimum absolute atomic E-state index is 0.0852. The minimum atomic E-state index is -0.783. The molecule has 1 fully saturated rings. The van der Waals surface area contributed by atoms with Gasteiger partial charge in [-0.3, -0.25) is 4.79 Å². The van der Waals surface area contributed by atoms with Crippen molar-refractivity contribution < 1.29 is 14.3 Å². The number of amides is 1. The van der Waals surface area contributed by atoms with Gasteiger partial charge in [-0.25, -0.2) is 0 Å². The number of anilines is 1. The van der Waals surface area contributed by atoms with Crippen LogP contribution in [0.15, 0.2) is 24.3 Å². The molecule has 0 aromatic heterocycles. The van der Waals surface area contributed by atoms with Gasteiger partial charge in [0, 0.05) is 18.8 Å². The predicted molar refractivity (Wildman–Crippen MR) is 115 cm³/mol. The van der Waals surface area contributed by atoms with E-state index in [1.807, 2.05) is 31.2 Å². The van der Waals surface area contributed by atoms with Gasteiger partial charge in [-0.05, 0) is 76.4 Å². The van der Waals surface area contributed by atoms with Crippen molar-refractivity contribution in [1.29, 1.82) is 0 Å². The lowest BCUT2D eigenvalue weighted by Gasteiger charge is -2.28. The second kappa shape index (κ2) is 12.1. The van der Waals surface area contributed by atoms with Crippen molar-refractivity contribution >= 4 is 11.6 Å². The van der Waals surface area contributed by atoms with Crippen LogP contribution >= 0.6 is 0 Å². The van der Waals surface area contributed by atoms with Gasteiger partial charge in [0.25, 0.3) is 5.91 Å². The maximum Gasteiger partial charge on any atom is 0.256 e. The lowest BCUT2D eigenvalue weighted by molar-refractivity contribution is -0.140. The highest BCUT2D eigenvalue weighted by Gasteiger charge is 2.33. The molecule has 1 amide bonds. The molecule has 5 nitrogen and oxygen atoms in total. The van der Waals surface area contributed by atoms with E-state index in [0.717, 1.165) is 43.9 Å². The Morgan fingerprint density at radius 2 is 1.79 bits per heavy atom. The van der Waals surface area contributed by atoms with E-state index in [-0.39, 0.29) is 5.91 Å². The van der Waals surface area contributed by atoms with Gasteiger partial charge in [0.05, 0.1) is 6.61 Å². The molecule has 0 bridgehead atoms. The van der Waals surface area contributed by atoms with Crippen molar-refractivity contribution in [2.75, 3.05) is 38.2 Å². The molecule has 1 N–H and O–H groups in total. The summed E-state index contributed by atoms with van der Waals surface area (Å²) in [7, 11) is 0. The Morgan fingerprint density at radius 1 is 1.07 bits per heavy atom. The van der Waals surface area contributed by atoms with Crippen LogP contribution in [-0.2, 0) is 9.53 Å². The fraction of sp³-hybridized carbons (Fsp3) is 0.696. The molecule has 28 heavy (non-hydrogen) atoms. The van der Waals surface area contributed by atoms with Crippen LogP contribution in [0.25, 0.3) is 0 Å². The third-order valence-electron chi connectivity index (χ3n) is 5.28. The summed E-state index contributed by atoms with van der Waals surface area (Å²) in [6, 6.07) is 7.62. The summed E-state index contributed by atoms with van der Waals surface area (Å²) in [4.78, 5) is 15.2. The Kier molecular flexibility index (Phi) is 9.79. The molecule has 158 valence electrons. The summed E-state index contributed by atoms with van der Waals surface area (Å²) in [6.07, 6.45) is 7.58. The number of carbonyl (C=O) groups is 1. The van der Waals surface area contributed by atoms with Crippen LogP contribution in [0.1, 0.15) is 65.7 Å². The molecule has 1 aliphatic rings. The smallest absolute Gasteiger partial charge is 0.256 e. The van der Waals surface area contributed by atoms with Gasteiger partial charge in [0.1, 0.15) is 11.4 Å². The molecule has 1 aromatic carbocycles. The van der Waals surface area contributed by atoms with Gasteiger partial charge in [0.15, 0.2) is 0 Å². The molecule has 1 aliphatic heterocycles. The van der Waals surface area contributed by atoms with E-state index in [1.54, 1.807) is 0 Å². The fourth-order valence-electron chi connectivity index (χ4n) is 3.61. The SMILES string of the molecule is CCCO[C@](C)(CCC)C(=O)Nc1ccc(OCCCN2CCCCC2)cc1. The summed E-state index contributed by atoms with van der Waals surface area (Å²) in [5.41, 5.74) is -0.0120. The average molecular weight is 391 g/mol. The number of nitrogens with zero attached hydrogens (tertiary/aromatic N) is 1. The zero-order chi connectivity index (χ0) is 20.2. The number of hydrogen-bond acceptors (Lipinski definition) is 4. The minimum Gasteiger partial charge on any atom is -0.494 e. The molecule has 0 saturated carbocycles. The molecule has 1 aromatic rings. The number of likely N-dealkylation sites (tertiary alicyclic amines) is 1. The maximum atomic E-state index is 12.7. The third-order valence-corrected chi connectivity index (χ3v) is 5.28. The molecule has 1 atom stereocenters. The topological polar surface area (TPSA) is 50.8 Å². The van der Waals surface area contributed by atoms with E-state index in [2.05, 4.69) is 24.1 Å². The van der Waals surface area contributed by atoms with Crippen LogP contribution in [0, 0.1) is 0 Å². The summed E-state index contributed by atoms with van der Waals surface area (Å²) in [6.45, 7) is 10.9. The number of carbonyl (C=O) groups excluding carboxylic acids is 1. The van der Waals surface area contributed by atoms with Crippen LogP contribution in [0.5, 0.6) is 5.75 Å². The lowest BCUT2D eigenvalue weighted by atomic mass is 9.99. The number of nitrogens with one attached hydrogen (secondary N) is 1. The first-order valence-electron chi connectivity index (χ1n) is 11.0. The van der Waals surface area contributed by atoms with E-state index in [9.17, 15) is 4.79 Å². The number of hydrogen-bond donors (Lipinski definition) is 1. The fourth-order valence-corrected chi connectivity index (χ4v) is 3.61. The Hall–Kier alpha value is -1.59. The first-order valence-corrected chi connectivity index (χ1v) is 11.0. The molecule has 0 aliphatic carbocycles. The van der Waals surface area contributed by atoms with E-state index < -0.39 is 5.60 Å². The summed E-state index contributed by atoms with van der Waals surface area (Å²) >= 11 is 0. The molecule has 2 rings (SSSR count). The van der Waals surface area contributed by atoms with Gasteiger partial charge in [0.2, 0.25) is 0 Å². The van der Waals surface area contributed by atoms with Crippen molar-refractivity contribution in [3.8, 4) is 5.75 Å². The molecule has 1 saturated heterocycles. The van der Waals surface area contributed by atoms with Gasteiger partial charge in [-0.2, -0.15) is 0 Å². The quantitative estimate of drug-likeness (QED) is 0.518. The molecule has 0 spiro atoms. The van der Waals surface area contributed by atoms with Gasteiger partial charge < -0.3 is 19.7 Å². The summed E-state index contributed by atoms with van der Waals surface area (Å²) < 4.78 is 11.7. The van der Waals surface area contributed by atoms with E-state index in [1.165, 1.54) is 32.4 Å². The first kappa shape index (κ1) is 22.7. The Balaban J connectivity index is 1.76.